The van der Waals surface area contributed by atoms with E-state index in [-0.39, 0.29) is 18.0 Å². The van der Waals surface area contributed by atoms with E-state index in [1.165, 1.54) is 0 Å². The number of likely N-dealkylation sites (tertiary alicyclic amines) is 1. The smallest absolute Gasteiger partial charge is 0.322 e. The Morgan fingerprint density at radius 1 is 1.33 bits per heavy atom. The summed E-state index contributed by atoms with van der Waals surface area (Å²) in [6.45, 7) is 8.70. The fourth-order valence-corrected chi connectivity index (χ4v) is 2.82. The van der Waals surface area contributed by atoms with Crippen LogP contribution in [0.4, 0.5) is 4.79 Å². The number of hydrogen-bond donors (Lipinski definition) is 2. The molecule has 7 nitrogen and oxygen atoms in total. The van der Waals surface area contributed by atoms with E-state index in [2.05, 4.69) is 29.5 Å². The second-order valence-electron chi connectivity index (χ2n) is 6.63. The SMILES string of the molecule is CCC1(C)NC(=O)N(NC(=O)CN2CCCC2(C)C)C1=O. The molecule has 4 amide bonds. The molecule has 0 radical (unpaired) electrons. The van der Waals surface area contributed by atoms with Crippen molar-refractivity contribution in [3.8, 4) is 0 Å². The van der Waals surface area contributed by atoms with Crippen LogP contribution >= 0.6 is 0 Å². The third-order valence-corrected chi connectivity index (χ3v) is 4.61. The van der Waals surface area contributed by atoms with Crippen LogP contribution < -0.4 is 10.7 Å². The number of urea groups is 1. The summed E-state index contributed by atoms with van der Waals surface area (Å²) in [5, 5.41) is 3.40. The summed E-state index contributed by atoms with van der Waals surface area (Å²) in [5.74, 6) is -0.752. The molecule has 0 saturated carbocycles. The second-order valence-corrected chi connectivity index (χ2v) is 6.63. The quantitative estimate of drug-likeness (QED) is 0.745. The lowest BCUT2D eigenvalue weighted by molar-refractivity contribution is -0.139. The van der Waals surface area contributed by atoms with Gasteiger partial charge in [-0.3, -0.25) is 19.9 Å². The van der Waals surface area contributed by atoms with E-state index in [0.29, 0.717) is 6.42 Å². The molecule has 118 valence electrons. The topological polar surface area (TPSA) is 81.8 Å². The molecule has 2 fully saturated rings. The lowest BCUT2D eigenvalue weighted by atomic mass is 10.00. The van der Waals surface area contributed by atoms with Crippen LogP contribution in [0.3, 0.4) is 0 Å². The number of hydrogen-bond acceptors (Lipinski definition) is 4. The van der Waals surface area contributed by atoms with Gasteiger partial charge < -0.3 is 5.32 Å². The van der Waals surface area contributed by atoms with E-state index in [9.17, 15) is 14.4 Å². The van der Waals surface area contributed by atoms with Crippen LogP contribution in [0.15, 0.2) is 0 Å². The molecule has 2 rings (SSSR count). The number of imide groups is 1. The normalized spacial score (nSPS) is 28.9. The van der Waals surface area contributed by atoms with Crippen molar-refractivity contribution in [2.24, 2.45) is 0 Å². The van der Waals surface area contributed by atoms with Crippen LogP contribution in [0.1, 0.15) is 47.0 Å². The molecule has 2 saturated heterocycles. The molecular formula is C14H24N4O3. The highest BCUT2D eigenvalue weighted by Crippen LogP contribution is 2.27. The number of carbonyl (C=O) groups excluding carboxylic acids is 3. The van der Waals surface area contributed by atoms with E-state index in [1.807, 2.05) is 6.92 Å². The Hall–Kier alpha value is -1.63. The van der Waals surface area contributed by atoms with Gasteiger partial charge in [0, 0.05) is 5.54 Å². The Morgan fingerprint density at radius 2 is 2.00 bits per heavy atom. The van der Waals surface area contributed by atoms with Gasteiger partial charge in [0.15, 0.2) is 0 Å². The molecule has 0 spiro atoms. The number of nitrogens with zero attached hydrogens (tertiary/aromatic N) is 2. The van der Waals surface area contributed by atoms with Crippen molar-refractivity contribution in [3.63, 3.8) is 0 Å². The predicted octanol–water partition coefficient (Wildman–Crippen LogP) is 0.613. The largest absolute Gasteiger partial charge is 0.344 e. The summed E-state index contributed by atoms with van der Waals surface area (Å²) in [6.07, 6.45) is 2.57. The summed E-state index contributed by atoms with van der Waals surface area (Å²) < 4.78 is 0. The van der Waals surface area contributed by atoms with Crippen LogP contribution in [-0.4, -0.2) is 51.9 Å². The van der Waals surface area contributed by atoms with Gasteiger partial charge in [-0.15, -0.1) is 0 Å². The molecule has 2 heterocycles. The predicted molar refractivity (Wildman–Crippen MR) is 77.1 cm³/mol. The number of hydrazine groups is 1. The van der Waals surface area contributed by atoms with Crippen molar-refractivity contribution in [1.82, 2.24) is 20.7 Å². The molecule has 0 aromatic rings. The fraction of sp³-hybridized carbons (Fsp3) is 0.786. The van der Waals surface area contributed by atoms with Gasteiger partial charge >= 0.3 is 6.03 Å². The molecule has 0 bridgehead atoms. The molecule has 0 aromatic heterocycles. The van der Waals surface area contributed by atoms with Crippen LogP contribution in [0, 0.1) is 0 Å². The summed E-state index contributed by atoms with van der Waals surface area (Å²) in [6, 6.07) is -0.571. The first-order valence-corrected chi connectivity index (χ1v) is 7.41. The lowest BCUT2D eigenvalue weighted by Gasteiger charge is -2.31. The Bertz CT molecular complexity index is 477. The van der Waals surface area contributed by atoms with Gasteiger partial charge in [0.25, 0.3) is 11.8 Å². The summed E-state index contributed by atoms with van der Waals surface area (Å²) in [5.41, 5.74) is 1.47. The van der Waals surface area contributed by atoms with Crippen molar-refractivity contribution >= 4 is 17.8 Å². The van der Waals surface area contributed by atoms with Crippen molar-refractivity contribution in [2.75, 3.05) is 13.1 Å². The fourth-order valence-electron chi connectivity index (χ4n) is 2.82. The first-order valence-electron chi connectivity index (χ1n) is 7.41. The first-order chi connectivity index (χ1) is 9.69. The van der Waals surface area contributed by atoms with Gasteiger partial charge in [-0.05, 0) is 46.6 Å². The summed E-state index contributed by atoms with van der Waals surface area (Å²) in [7, 11) is 0. The standard InChI is InChI=1S/C14H24N4O3/c1-5-14(4)11(20)18(12(21)15-14)16-10(19)9-17-8-6-7-13(17,2)3/h5-9H2,1-4H3,(H,15,21)(H,16,19). The maximum atomic E-state index is 12.2. The Labute approximate surface area is 125 Å². The number of amides is 4. The van der Waals surface area contributed by atoms with Gasteiger partial charge in [-0.25, -0.2) is 4.79 Å². The van der Waals surface area contributed by atoms with Crippen molar-refractivity contribution in [3.05, 3.63) is 0 Å². The lowest BCUT2D eigenvalue weighted by Crippen LogP contribution is -2.52. The maximum absolute atomic E-state index is 12.2. The van der Waals surface area contributed by atoms with E-state index < -0.39 is 17.5 Å². The second kappa shape index (κ2) is 5.29. The van der Waals surface area contributed by atoms with Gasteiger partial charge in [0.2, 0.25) is 0 Å². The highest BCUT2D eigenvalue weighted by atomic mass is 16.2. The molecule has 1 atom stereocenters. The van der Waals surface area contributed by atoms with Crippen LogP contribution in [0.2, 0.25) is 0 Å². The third kappa shape index (κ3) is 2.88. The number of carbonyl (C=O) groups is 3. The minimum atomic E-state index is -0.933. The minimum absolute atomic E-state index is 0.0213. The molecule has 2 N–H and O–H groups in total. The zero-order chi connectivity index (χ0) is 15.8. The highest BCUT2D eigenvalue weighted by molar-refractivity contribution is 6.07. The molecule has 2 aliphatic rings. The highest BCUT2D eigenvalue weighted by Gasteiger charge is 2.47. The van der Waals surface area contributed by atoms with E-state index >= 15 is 0 Å². The maximum Gasteiger partial charge on any atom is 0.344 e. The Kier molecular flexibility index (Phi) is 3.97. The van der Waals surface area contributed by atoms with Crippen LogP contribution in [0.5, 0.6) is 0 Å². The zero-order valence-electron chi connectivity index (χ0n) is 13.2. The van der Waals surface area contributed by atoms with Crippen LogP contribution in [0.25, 0.3) is 0 Å². The monoisotopic (exact) mass is 296 g/mol. The molecule has 0 aromatic carbocycles. The van der Waals surface area contributed by atoms with Gasteiger partial charge in [-0.2, -0.15) is 5.01 Å². The van der Waals surface area contributed by atoms with E-state index in [4.69, 9.17) is 0 Å². The van der Waals surface area contributed by atoms with Crippen molar-refractivity contribution in [1.29, 1.82) is 0 Å². The Morgan fingerprint density at radius 3 is 2.48 bits per heavy atom. The molecule has 7 heteroatoms. The zero-order valence-corrected chi connectivity index (χ0v) is 13.2. The molecule has 1 unspecified atom stereocenters. The van der Waals surface area contributed by atoms with E-state index in [0.717, 1.165) is 24.4 Å². The van der Waals surface area contributed by atoms with Gasteiger partial charge in [-0.1, -0.05) is 6.92 Å². The van der Waals surface area contributed by atoms with Crippen molar-refractivity contribution in [2.45, 2.75) is 58.0 Å². The number of rotatable bonds is 4. The van der Waals surface area contributed by atoms with Gasteiger partial charge in [0.05, 0.1) is 6.54 Å². The molecule has 21 heavy (non-hydrogen) atoms. The number of nitrogens with one attached hydrogen (secondary N) is 2. The molecule has 0 aliphatic carbocycles. The first kappa shape index (κ1) is 15.8. The van der Waals surface area contributed by atoms with E-state index in [1.54, 1.807) is 6.92 Å². The average molecular weight is 296 g/mol. The third-order valence-electron chi connectivity index (χ3n) is 4.61. The Balaban J connectivity index is 1.97. The minimum Gasteiger partial charge on any atom is -0.322 e. The summed E-state index contributed by atoms with van der Waals surface area (Å²) >= 11 is 0. The molecule has 2 aliphatic heterocycles. The average Bonchev–Trinajstić information content (AvgIpc) is 2.83. The summed E-state index contributed by atoms with van der Waals surface area (Å²) in [4.78, 5) is 38.2. The molecular weight excluding hydrogens is 272 g/mol. The van der Waals surface area contributed by atoms with Crippen LogP contribution in [-0.2, 0) is 9.59 Å². The van der Waals surface area contributed by atoms with Gasteiger partial charge in [0.1, 0.15) is 5.54 Å². The van der Waals surface area contributed by atoms with Crippen molar-refractivity contribution < 1.29 is 14.4 Å².